The van der Waals surface area contributed by atoms with Crippen LogP contribution in [0.15, 0.2) is 24.3 Å². The third-order valence-corrected chi connectivity index (χ3v) is 1.43. The molecule has 0 aliphatic rings. The normalized spacial score (nSPS) is 10.2. The third-order valence-electron chi connectivity index (χ3n) is 1.43. The molecule has 0 aromatic heterocycles. The first-order valence-corrected chi connectivity index (χ1v) is 5.92. The summed E-state index contributed by atoms with van der Waals surface area (Å²) >= 11 is 0. The minimum atomic E-state index is -3.64. The first-order valence-electron chi connectivity index (χ1n) is 3.86. The van der Waals surface area contributed by atoms with Crippen LogP contribution in [-0.4, -0.2) is 16.5 Å². The summed E-state index contributed by atoms with van der Waals surface area (Å²) < 4.78 is 9.33. The Labute approximate surface area is 78.6 Å². The second-order valence-corrected chi connectivity index (χ2v) is 4.59. The van der Waals surface area contributed by atoms with E-state index < -0.39 is 7.60 Å². The van der Waals surface area contributed by atoms with Crippen molar-refractivity contribution in [3.63, 3.8) is 0 Å². The van der Waals surface area contributed by atoms with E-state index in [-0.39, 0.29) is 0 Å². The molecule has 3 nitrogen and oxygen atoms in total. The van der Waals surface area contributed by atoms with Gasteiger partial charge >= 0.3 is 7.60 Å². The number of hydrogen-bond donors (Lipinski definition) is 2. The molecule has 0 aliphatic carbocycles. The fourth-order valence-corrected chi connectivity index (χ4v) is 0.663. The fourth-order valence-electron chi connectivity index (χ4n) is 0.663. The molecule has 0 aliphatic heterocycles. The van der Waals surface area contributed by atoms with Crippen LogP contribution in [0.1, 0.15) is 11.1 Å². The van der Waals surface area contributed by atoms with Gasteiger partial charge in [0, 0.05) is 6.66 Å². The maximum atomic E-state index is 9.33. The molecule has 0 saturated carbocycles. The molecule has 13 heavy (non-hydrogen) atoms. The summed E-state index contributed by atoms with van der Waals surface area (Å²) in [6.45, 7) is 5.09. The van der Waals surface area contributed by atoms with E-state index in [0.717, 1.165) is 6.66 Å². The van der Waals surface area contributed by atoms with E-state index in [1.165, 1.54) is 11.1 Å². The lowest BCUT2D eigenvalue weighted by Gasteiger charge is -1.93. The molecule has 0 radical (unpaired) electrons. The van der Waals surface area contributed by atoms with Crippen molar-refractivity contribution in [1.29, 1.82) is 0 Å². The monoisotopic (exact) mass is 202 g/mol. The van der Waals surface area contributed by atoms with Crippen LogP contribution in [0.2, 0.25) is 0 Å². The van der Waals surface area contributed by atoms with Crippen LogP contribution in [0.25, 0.3) is 0 Å². The van der Waals surface area contributed by atoms with Crippen LogP contribution < -0.4 is 0 Å². The Morgan fingerprint density at radius 3 is 1.46 bits per heavy atom. The number of benzene rings is 1. The Bertz CT molecular complexity index is 274. The van der Waals surface area contributed by atoms with Crippen LogP contribution in [0.5, 0.6) is 0 Å². The maximum absolute atomic E-state index is 9.33. The van der Waals surface area contributed by atoms with Gasteiger partial charge in [-0.1, -0.05) is 24.3 Å². The molecule has 1 aromatic carbocycles. The first kappa shape index (κ1) is 12.4. The van der Waals surface area contributed by atoms with E-state index in [1.54, 1.807) is 0 Å². The molecule has 0 atom stereocenters. The zero-order chi connectivity index (χ0) is 10.5. The van der Waals surface area contributed by atoms with E-state index in [9.17, 15) is 4.57 Å². The quantitative estimate of drug-likeness (QED) is 0.633. The van der Waals surface area contributed by atoms with Crippen molar-refractivity contribution < 1.29 is 14.4 Å². The highest BCUT2D eigenvalue weighted by atomic mass is 31.2. The molecule has 2 N–H and O–H groups in total. The van der Waals surface area contributed by atoms with Crippen LogP contribution in [0.3, 0.4) is 0 Å². The summed E-state index contributed by atoms with van der Waals surface area (Å²) in [5.41, 5.74) is 2.74. The highest BCUT2D eigenvalue weighted by molar-refractivity contribution is 7.50. The Morgan fingerprint density at radius 2 is 1.31 bits per heavy atom. The summed E-state index contributed by atoms with van der Waals surface area (Å²) in [7, 11) is -3.64. The molecule has 0 fully saturated rings. The Kier molecular flexibility index (Phi) is 4.92. The van der Waals surface area contributed by atoms with Gasteiger partial charge in [0.15, 0.2) is 0 Å². The van der Waals surface area contributed by atoms with E-state index in [4.69, 9.17) is 9.79 Å². The predicted molar refractivity (Wildman–Crippen MR) is 53.9 cm³/mol. The van der Waals surface area contributed by atoms with Gasteiger partial charge in [0.05, 0.1) is 0 Å². The Balaban J connectivity index is 0.000000252. The van der Waals surface area contributed by atoms with Gasteiger partial charge in [-0.25, -0.2) is 0 Å². The Hall–Kier alpha value is -0.630. The molecule has 4 heteroatoms. The van der Waals surface area contributed by atoms with Gasteiger partial charge in [0.25, 0.3) is 0 Å². The number of hydrogen-bond acceptors (Lipinski definition) is 1. The molecule has 1 rings (SSSR count). The lowest BCUT2D eigenvalue weighted by Crippen LogP contribution is -1.74. The van der Waals surface area contributed by atoms with Gasteiger partial charge in [-0.15, -0.1) is 0 Å². The fraction of sp³-hybridized carbons (Fsp3) is 0.333. The molecule has 0 unspecified atom stereocenters. The summed E-state index contributed by atoms with van der Waals surface area (Å²) in [5.74, 6) is 0. The standard InChI is InChI=1S/C8H10.CH5O3P/c1-7-5-3-4-6-8(7)2;1-5(2,3)4/h3-6H,1-2H3;1H3,(H2,2,3,4). The second kappa shape index (κ2) is 5.18. The number of rotatable bonds is 0. The molecular formula is C9H15O3P. The van der Waals surface area contributed by atoms with Crippen LogP contribution in [0, 0.1) is 13.8 Å². The zero-order valence-electron chi connectivity index (χ0n) is 8.06. The van der Waals surface area contributed by atoms with Crippen molar-refractivity contribution in [2.45, 2.75) is 13.8 Å². The minimum absolute atomic E-state index is 0.854. The summed E-state index contributed by atoms with van der Waals surface area (Å²) in [4.78, 5) is 15.3. The van der Waals surface area contributed by atoms with Gasteiger partial charge < -0.3 is 9.79 Å². The molecule has 0 saturated heterocycles. The molecule has 0 spiro atoms. The van der Waals surface area contributed by atoms with Crippen molar-refractivity contribution >= 4 is 7.60 Å². The SMILES string of the molecule is CP(=O)(O)O.Cc1ccccc1C. The molecule has 0 bridgehead atoms. The van der Waals surface area contributed by atoms with E-state index in [0.29, 0.717) is 0 Å². The van der Waals surface area contributed by atoms with Crippen molar-refractivity contribution in [1.82, 2.24) is 0 Å². The van der Waals surface area contributed by atoms with Crippen molar-refractivity contribution in [2.75, 3.05) is 6.66 Å². The lowest BCUT2D eigenvalue weighted by atomic mass is 10.1. The van der Waals surface area contributed by atoms with Gasteiger partial charge in [0.2, 0.25) is 0 Å². The van der Waals surface area contributed by atoms with Gasteiger partial charge in [-0.3, -0.25) is 4.57 Å². The summed E-state index contributed by atoms with van der Waals surface area (Å²) in [5, 5.41) is 0. The topological polar surface area (TPSA) is 57.5 Å². The molecule has 1 aromatic rings. The van der Waals surface area contributed by atoms with Crippen molar-refractivity contribution in [3.05, 3.63) is 35.4 Å². The zero-order valence-corrected chi connectivity index (χ0v) is 8.95. The van der Waals surface area contributed by atoms with Crippen LogP contribution in [0.4, 0.5) is 0 Å². The largest absolute Gasteiger partial charge is 0.325 e. The smallest absolute Gasteiger partial charge is 0.322 e. The maximum Gasteiger partial charge on any atom is 0.322 e. The average molecular weight is 202 g/mol. The minimum Gasteiger partial charge on any atom is -0.325 e. The van der Waals surface area contributed by atoms with E-state index >= 15 is 0 Å². The summed E-state index contributed by atoms with van der Waals surface area (Å²) in [6.07, 6.45) is 0. The van der Waals surface area contributed by atoms with Gasteiger partial charge in [0.1, 0.15) is 0 Å². The Morgan fingerprint density at radius 1 is 1.08 bits per heavy atom. The highest BCUT2D eigenvalue weighted by Crippen LogP contribution is 2.26. The average Bonchev–Trinajstić information content (AvgIpc) is 1.92. The predicted octanol–water partition coefficient (Wildman–Crippen LogP) is 2.10. The number of aryl methyl sites for hydroxylation is 2. The van der Waals surface area contributed by atoms with Crippen molar-refractivity contribution in [3.8, 4) is 0 Å². The molecular weight excluding hydrogens is 187 g/mol. The third kappa shape index (κ3) is 9.28. The molecule has 0 amide bonds. The first-order chi connectivity index (χ1) is 5.80. The van der Waals surface area contributed by atoms with Crippen LogP contribution >= 0.6 is 7.60 Å². The van der Waals surface area contributed by atoms with Crippen molar-refractivity contribution in [2.24, 2.45) is 0 Å². The molecule has 74 valence electrons. The van der Waals surface area contributed by atoms with Crippen LogP contribution in [-0.2, 0) is 4.57 Å². The van der Waals surface area contributed by atoms with Gasteiger partial charge in [-0.2, -0.15) is 0 Å². The van der Waals surface area contributed by atoms with E-state index in [2.05, 4.69) is 38.1 Å². The van der Waals surface area contributed by atoms with Gasteiger partial charge in [-0.05, 0) is 25.0 Å². The highest BCUT2D eigenvalue weighted by Gasteiger charge is 1.95. The second-order valence-electron chi connectivity index (χ2n) is 2.92. The molecule has 0 heterocycles. The van der Waals surface area contributed by atoms with E-state index in [1.807, 2.05) is 0 Å². The lowest BCUT2D eigenvalue weighted by molar-refractivity contribution is 0.381. The summed E-state index contributed by atoms with van der Waals surface area (Å²) in [6, 6.07) is 8.36.